The van der Waals surface area contributed by atoms with Crippen LogP contribution in [0.25, 0.3) is 0 Å². The maximum absolute atomic E-state index is 5.76. The van der Waals surface area contributed by atoms with Crippen LogP contribution in [0.1, 0.15) is 25.6 Å². The third-order valence-electron chi connectivity index (χ3n) is 1.35. The van der Waals surface area contributed by atoms with Crippen LogP contribution in [0.2, 0.25) is 5.02 Å². The maximum atomic E-state index is 5.76. The number of aromatic nitrogens is 2. The van der Waals surface area contributed by atoms with Crippen molar-refractivity contribution in [2.24, 2.45) is 0 Å². The second-order valence-corrected chi connectivity index (χ2v) is 2.95. The van der Waals surface area contributed by atoms with Crippen LogP contribution >= 0.6 is 11.6 Å². The van der Waals surface area contributed by atoms with Crippen LogP contribution in [0, 0.1) is 12.3 Å². The monoisotopic (exact) mass is 168 g/mol. The summed E-state index contributed by atoms with van der Waals surface area (Å²) in [5.74, 6) is 2.41. The Balaban J connectivity index is 3.07. The molecule has 1 rings (SSSR count). The first-order valence-corrected chi connectivity index (χ1v) is 3.74. The molecule has 0 bridgehead atoms. The van der Waals surface area contributed by atoms with Gasteiger partial charge < -0.3 is 0 Å². The van der Waals surface area contributed by atoms with Crippen LogP contribution in [0.15, 0.2) is 6.20 Å². The highest BCUT2D eigenvalue weighted by molar-refractivity contribution is 6.31. The van der Waals surface area contributed by atoms with Gasteiger partial charge in [0.15, 0.2) is 5.69 Å². The summed E-state index contributed by atoms with van der Waals surface area (Å²) in [4.78, 5) is 0. The number of terminal acetylenes is 1. The van der Waals surface area contributed by atoms with Gasteiger partial charge in [-0.2, -0.15) is 5.10 Å². The minimum absolute atomic E-state index is 0.301. The van der Waals surface area contributed by atoms with E-state index in [1.54, 1.807) is 10.9 Å². The van der Waals surface area contributed by atoms with Crippen LogP contribution < -0.4 is 0 Å². The van der Waals surface area contributed by atoms with Gasteiger partial charge in [-0.15, -0.1) is 6.42 Å². The highest BCUT2D eigenvalue weighted by atomic mass is 35.5. The topological polar surface area (TPSA) is 17.8 Å². The second kappa shape index (κ2) is 2.98. The summed E-state index contributed by atoms with van der Waals surface area (Å²) in [5.41, 5.74) is 0.514. The van der Waals surface area contributed by atoms with Crippen molar-refractivity contribution >= 4 is 11.6 Å². The lowest BCUT2D eigenvalue weighted by molar-refractivity contribution is 0.531. The van der Waals surface area contributed by atoms with Gasteiger partial charge in [0.1, 0.15) is 0 Å². The van der Waals surface area contributed by atoms with Gasteiger partial charge in [0, 0.05) is 12.2 Å². The van der Waals surface area contributed by atoms with Crippen LogP contribution in [0.5, 0.6) is 0 Å². The molecule has 0 amide bonds. The van der Waals surface area contributed by atoms with E-state index >= 15 is 0 Å². The molecule has 1 aromatic heterocycles. The van der Waals surface area contributed by atoms with Crippen molar-refractivity contribution in [3.8, 4) is 12.3 Å². The smallest absolute Gasteiger partial charge is 0.153 e. The minimum atomic E-state index is 0.301. The molecule has 0 N–H and O–H groups in total. The predicted molar refractivity (Wildman–Crippen MR) is 45.6 cm³/mol. The van der Waals surface area contributed by atoms with Crippen LogP contribution in [0.3, 0.4) is 0 Å². The number of halogens is 1. The molecule has 1 aromatic rings. The molecule has 11 heavy (non-hydrogen) atoms. The van der Waals surface area contributed by atoms with Crippen molar-refractivity contribution in [2.45, 2.75) is 19.9 Å². The number of rotatable bonds is 1. The van der Waals surface area contributed by atoms with Gasteiger partial charge >= 0.3 is 0 Å². The van der Waals surface area contributed by atoms with Gasteiger partial charge in [-0.1, -0.05) is 11.6 Å². The quantitative estimate of drug-likeness (QED) is 0.588. The first kappa shape index (κ1) is 8.16. The summed E-state index contributed by atoms with van der Waals surface area (Å²) in [6.07, 6.45) is 6.89. The third-order valence-corrected chi connectivity index (χ3v) is 1.63. The summed E-state index contributed by atoms with van der Waals surface area (Å²) in [6.45, 7) is 4.03. The van der Waals surface area contributed by atoms with E-state index in [-0.39, 0.29) is 0 Å². The maximum Gasteiger partial charge on any atom is 0.153 e. The van der Waals surface area contributed by atoms with E-state index in [0.29, 0.717) is 16.8 Å². The molecule has 0 aliphatic carbocycles. The van der Waals surface area contributed by atoms with E-state index in [1.807, 2.05) is 13.8 Å². The van der Waals surface area contributed by atoms with Crippen molar-refractivity contribution in [3.05, 3.63) is 16.9 Å². The van der Waals surface area contributed by atoms with Crippen molar-refractivity contribution in [2.75, 3.05) is 0 Å². The summed E-state index contributed by atoms with van der Waals surface area (Å²) in [5, 5.41) is 4.62. The predicted octanol–water partition coefficient (Wildman–Crippen LogP) is 2.10. The molecular formula is C8H9ClN2. The summed E-state index contributed by atoms with van der Waals surface area (Å²) in [7, 11) is 0. The first-order valence-electron chi connectivity index (χ1n) is 3.36. The highest BCUT2D eigenvalue weighted by Gasteiger charge is 2.05. The molecule has 0 saturated heterocycles. The average Bonchev–Trinajstić information content (AvgIpc) is 2.31. The average molecular weight is 169 g/mol. The Bertz CT molecular complexity index is 294. The Morgan fingerprint density at radius 2 is 2.36 bits per heavy atom. The lowest BCUT2D eigenvalue weighted by atomic mass is 10.4. The first-order chi connectivity index (χ1) is 5.15. The Kier molecular flexibility index (Phi) is 2.21. The van der Waals surface area contributed by atoms with E-state index in [9.17, 15) is 0 Å². The molecule has 0 spiro atoms. The normalized spacial score (nSPS) is 10.1. The standard InChI is InChI=1S/C8H9ClN2/c1-4-8-7(9)5-11(10-8)6(2)3/h1,5-6H,2-3H3. The fraction of sp³-hybridized carbons (Fsp3) is 0.375. The molecule has 0 unspecified atom stereocenters. The number of nitrogens with zero attached hydrogens (tertiary/aromatic N) is 2. The second-order valence-electron chi connectivity index (χ2n) is 2.54. The molecule has 58 valence electrons. The van der Waals surface area contributed by atoms with Gasteiger partial charge in [-0.25, -0.2) is 0 Å². The van der Waals surface area contributed by atoms with Crippen LogP contribution in [-0.2, 0) is 0 Å². The fourth-order valence-corrected chi connectivity index (χ4v) is 0.924. The van der Waals surface area contributed by atoms with Gasteiger partial charge in [0.25, 0.3) is 0 Å². The van der Waals surface area contributed by atoms with Gasteiger partial charge in [0.05, 0.1) is 5.02 Å². The lowest BCUT2D eigenvalue weighted by Gasteiger charge is -2.02. The zero-order valence-electron chi connectivity index (χ0n) is 6.50. The van der Waals surface area contributed by atoms with Crippen LogP contribution in [0.4, 0.5) is 0 Å². The molecule has 2 nitrogen and oxygen atoms in total. The summed E-state index contributed by atoms with van der Waals surface area (Å²) in [6, 6.07) is 0.301. The zero-order chi connectivity index (χ0) is 8.43. The van der Waals surface area contributed by atoms with Gasteiger partial charge in [-0.05, 0) is 19.8 Å². The van der Waals surface area contributed by atoms with E-state index in [4.69, 9.17) is 18.0 Å². The SMILES string of the molecule is C#Cc1nn(C(C)C)cc1Cl. The fourth-order valence-electron chi connectivity index (χ4n) is 0.732. The molecule has 0 saturated carbocycles. The van der Waals surface area contributed by atoms with E-state index in [0.717, 1.165) is 0 Å². The number of hydrogen-bond acceptors (Lipinski definition) is 1. The largest absolute Gasteiger partial charge is 0.267 e. The highest BCUT2D eigenvalue weighted by Crippen LogP contribution is 2.15. The lowest BCUT2D eigenvalue weighted by Crippen LogP contribution is -2.00. The van der Waals surface area contributed by atoms with E-state index in [2.05, 4.69) is 11.0 Å². The van der Waals surface area contributed by atoms with Crippen molar-refractivity contribution in [1.82, 2.24) is 9.78 Å². The molecule has 0 atom stereocenters. The Hall–Kier alpha value is -0.940. The van der Waals surface area contributed by atoms with Crippen LogP contribution in [-0.4, -0.2) is 9.78 Å². The summed E-state index contributed by atoms with van der Waals surface area (Å²) >= 11 is 5.76. The zero-order valence-corrected chi connectivity index (χ0v) is 7.26. The molecule has 0 aliphatic heterocycles. The van der Waals surface area contributed by atoms with Crippen molar-refractivity contribution in [1.29, 1.82) is 0 Å². The molecule has 3 heteroatoms. The minimum Gasteiger partial charge on any atom is -0.267 e. The van der Waals surface area contributed by atoms with Crippen molar-refractivity contribution < 1.29 is 0 Å². The Morgan fingerprint density at radius 3 is 2.64 bits per heavy atom. The van der Waals surface area contributed by atoms with Crippen molar-refractivity contribution in [3.63, 3.8) is 0 Å². The van der Waals surface area contributed by atoms with E-state index < -0.39 is 0 Å². The molecule has 0 aromatic carbocycles. The van der Waals surface area contributed by atoms with E-state index in [1.165, 1.54) is 0 Å². The summed E-state index contributed by atoms with van der Waals surface area (Å²) < 4.78 is 1.75. The van der Waals surface area contributed by atoms with Gasteiger partial charge in [0.2, 0.25) is 0 Å². The Morgan fingerprint density at radius 1 is 1.73 bits per heavy atom. The van der Waals surface area contributed by atoms with Gasteiger partial charge in [-0.3, -0.25) is 4.68 Å². The molecule has 1 heterocycles. The number of hydrogen-bond donors (Lipinski definition) is 0. The molecule has 0 fully saturated rings. The molecule has 0 radical (unpaired) electrons. The molecule has 0 aliphatic rings. The third kappa shape index (κ3) is 1.55. The molecular weight excluding hydrogens is 160 g/mol. The Labute approximate surface area is 71.2 Å².